The minimum absolute atomic E-state index is 0.330. The quantitative estimate of drug-likeness (QED) is 0.475. The van der Waals surface area contributed by atoms with Crippen LogP contribution in [-0.2, 0) is 0 Å². The lowest BCUT2D eigenvalue weighted by Crippen LogP contribution is -2.23. The molecule has 0 aliphatic carbocycles. The Morgan fingerprint density at radius 3 is 2.33 bits per heavy atom. The van der Waals surface area contributed by atoms with Crippen LogP contribution in [-0.4, -0.2) is 24.8 Å². The van der Waals surface area contributed by atoms with Crippen LogP contribution in [0.3, 0.4) is 0 Å². The minimum Gasteiger partial charge on any atom is -0.267 e. The first-order valence-electron chi connectivity index (χ1n) is 2.23. The Labute approximate surface area is 49.1 Å². The molecule has 0 unspecified atom stereocenters. The molecule has 0 saturated heterocycles. The van der Waals surface area contributed by atoms with Crippen LogP contribution in [0.25, 0.3) is 0 Å². The van der Waals surface area contributed by atoms with Gasteiger partial charge in [-0.15, -0.1) is 0 Å². The van der Waals surface area contributed by atoms with E-state index in [1.165, 1.54) is 0 Å². The predicted molar refractivity (Wildman–Crippen MR) is 26.8 cm³/mol. The number of hydrogen-bond donors (Lipinski definition) is 0. The first-order chi connectivity index (χ1) is 4.11. The van der Waals surface area contributed by atoms with Crippen LogP contribution >= 0.6 is 0 Å². The largest absolute Gasteiger partial charge is 0.431 e. The van der Waals surface area contributed by atoms with Gasteiger partial charge in [-0.3, -0.25) is 4.99 Å². The number of hydrogen-bond acceptors (Lipinski definition) is 2. The Morgan fingerprint density at radius 1 is 1.44 bits per heavy atom. The Hall–Kier alpha value is -0.870. The molecule has 0 fully saturated rings. The summed E-state index contributed by atoms with van der Waals surface area (Å²) in [5.74, 6) is 0. The zero-order valence-corrected chi connectivity index (χ0v) is 4.31. The van der Waals surface area contributed by atoms with Crippen molar-refractivity contribution in [1.29, 1.82) is 0 Å². The summed E-state index contributed by atoms with van der Waals surface area (Å²) in [4.78, 5) is 6.29. The van der Waals surface area contributed by atoms with E-state index < -0.39 is 11.9 Å². The molecule has 0 aromatic carbocycles. The normalized spacial score (nSPS) is 18.3. The smallest absolute Gasteiger partial charge is 0.267 e. The van der Waals surface area contributed by atoms with E-state index in [0.717, 1.165) is 6.34 Å². The second kappa shape index (κ2) is 1.82. The zero-order valence-electron chi connectivity index (χ0n) is 4.31. The zero-order chi connectivity index (χ0) is 6.91. The monoisotopic (exact) mass is 136 g/mol. The fourth-order valence-corrected chi connectivity index (χ4v) is 0.441. The van der Waals surface area contributed by atoms with Crippen molar-refractivity contribution >= 4 is 12.1 Å². The maximum Gasteiger partial charge on any atom is 0.431 e. The molecular formula is C4H3F3N2. The molecule has 5 heteroatoms. The van der Waals surface area contributed by atoms with E-state index in [2.05, 4.69) is 9.98 Å². The predicted octanol–water partition coefficient (Wildman–Crippen LogP) is 1.03. The average molecular weight is 136 g/mol. The first kappa shape index (κ1) is 6.25. The van der Waals surface area contributed by atoms with E-state index in [1.807, 2.05) is 0 Å². The number of halogens is 3. The fourth-order valence-electron chi connectivity index (χ4n) is 0.441. The molecule has 0 spiro atoms. The van der Waals surface area contributed by atoms with Crippen molar-refractivity contribution in [2.45, 2.75) is 6.18 Å². The highest BCUT2D eigenvalue weighted by atomic mass is 19.4. The maximum absolute atomic E-state index is 11.5. The van der Waals surface area contributed by atoms with Crippen molar-refractivity contribution in [2.75, 3.05) is 6.54 Å². The topological polar surface area (TPSA) is 24.7 Å². The summed E-state index contributed by atoms with van der Waals surface area (Å²) < 4.78 is 34.6. The molecule has 9 heavy (non-hydrogen) atoms. The molecule has 0 radical (unpaired) electrons. The van der Waals surface area contributed by atoms with E-state index in [4.69, 9.17) is 0 Å². The van der Waals surface area contributed by atoms with Crippen LogP contribution in [0.1, 0.15) is 0 Å². The molecule has 0 amide bonds. The van der Waals surface area contributed by atoms with Crippen LogP contribution in [0.5, 0.6) is 0 Å². The van der Waals surface area contributed by atoms with E-state index in [1.54, 1.807) is 0 Å². The average Bonchev–Trinajstić information content (AvgIpc) is 2.08. The molecule has 1 aliphatic heterocycles. The van der Waals surface area contributed by atoms with E-state index in [0.29, 0.717) is 0 Å². The van der Waals surface area contributed by atoms with Crippen LogP contribution in [0.15, 0.2) is 9.98 Å². The lowest BCUT2D eigenvalue weighted by Gasteiger charge is -2.01. The Morgan fingerprint density at radius 2 is 2.11 bits per heavy atom. The molecule has 0 aromatic rings. The number of aliphatic imine (C=N–C) groups is 2. The molecule has 1 aliphatic rings. The van der Waals surface area contributed by atoms with Gasteiger partial charge >= 0.3 is 6.18 Å². The third-order valence-corrected chi connectivity index (χ3v) is 0.863. The van der Waals surface area contributed by atoms with Crippen molar-refractivity contribution in [3.05, 3.63) is 0 Å². The van der Waals surface area contributed by atoms with Crippen LogP contribution in [0, 0.1) is 0 Å². The number of alkyl halides is 3. The van der Waals surface area contributed by atoms with Gasteiger partial charge in [0.1, 0.15) is 12.1 Å². The summed E-state index contributed by atoms with van der Waals surface area (Å²) in [6.07, 6.45) is -3.38. The van der Waals surface area contributed by atoms with Gasteiger partial charge in [-0.25, -0.2) is 4.99 Å². The Bertz CT molecular complexity index is 167. The van der Waals surface area contributed by atoms with Gasteiger partial charge in [0.05, 0.1) is 6.54 Å². The van der Waals surface area contributed by atoms with E-state index >= 15 is 0 Å². The summed E-state index contributed by atoms with van der Waals surface area (Å²) in [5.41, 5.74) is -0.817. The van der Waals surface area contributed by atoms with Crippen molar-refractivity contribution < 1.29 is 13.2 Å². The van der Waals surface area contributed by atoms with Gasteiger partial charge in [0.25, 0.3) is 0 Å². The van der Waals surface area contributed by atoms with Crippen LogP contribution in [0.4, 0.5) is 13.2 Å². The van der Waals surface area contributed by atoms with Gasteiger partial charge in [0, 0.05) is 0 Å². The third kappa shape index (κ3) is 1.28. The number of rotatable bonds is 0. The summed E-state index contributed by atoms with van der Waals surface area (Å²) in [6, 6.07) is 0. The minimum atomic E-state index is -4.30. The molecule has 50 valence electrons. The van der Waals surface area contributed by atoms with E-state index in [-0.39, 0.29) is 6.54 Å². The van der Waals surface area contributed by atoms with Crippen LogP contribution in [0.2, 0.25) is 0 Å². The Balaban J connectivity index is 2.66. The lowest BCUT2D eigenvalue weighted by atomic mass is 10.4. The van der Waals surface area contributed by atoms with Gasteiger partial charge in [0.2, 0.25) is 0 Å². The first-order valence-corrected chi connectivity index (χ1v) is 2.23. The van der Waals surface area contributed by atoms with Gasteiger partial charge < -0.3 is 0 Å². The number of nitrogens with zero attached hydrogens (tertiary/aromatic N) is 2. The summed E-state index contributed by atoms with van der Waals surface area (Å²) >= 11 is 0. The van der Waals surface area contributed by atoms with Gasteiger partial charge in [-0.05, 0) is 0 Å². The molecule has 0 saturated carbocycles. The molecule has 0 aromatic heterocycles. The highest BCUT2D eigenvalue weighted by Gasteiger charge is 2.35. The van der Waals surface area contributed by atoms with Gasteiger partial charge in [-0.1, -0.05) is 0 Å². The van der Waals surface area contributed by atoms with Crippen molar-refractivity contribution in [3.8, 4) is 0 Å². The molecule has 0 N–H and O–H groups in total. The standard InChI is InChI=1S/C4H3F3N2/c5-4(6,7)3-1-8-2-9-3/h2H,1H2. The van der Waals surface area contributed by atoms with Gasteiger partial charge in [0.15, 0.2) is 0 Å². The summed E-state index contributed by atoms with van der Waals surface area (Å²) in [5, 5.41) is 0. The third-order valence-electron chi connectivity index (χ3n) is 0.863. The molecule has 1 rings (SSSR count). The maximum atomic E-state index is 11.5. The molecule has 0 atom stereocenters. The summed E-state index contributed by atoms with van der Waals surface area (Å²) in [6.45, 7) is -0.330. The second-order valence-corrected chi connectivity index (χ2v) is 1.53. The second-order valence-electron chi connectivity index (χ2n) is 1.53. The van der Waals surface area contributed by atoms with Crippen molar-refractivity contribution in [3.63, 3.8) is 0 Å². The highest BCUT2D eigenvalue weighted by molar-refractivity contribution is 5.99. The van der Waals surface area contributed by atoms with Crippen molar-refractivity contribution in [1.82, 2.24) is 0 Å². The molecule has 2 nitrogen and oxygen atoms in total. The SMILES string of the molecule is FC(F)(F)C1=NC=NC1. The van der Waals surface area contributed by atoms with Crippen molar-refractivity contribution in [2.24, 2.45) is 9.98 Å². The lowest BCUT2D eigenvalue weighted by molar-refractivity contribution is -0.0592. The fraction of sp³-hybridized carbons (Fsp3) is 0.500. The van der Waals surface area contributed by atoms with Crippen LogP contribution < -0.4 is 0 Å². The molecule has 1 heterocycles. The van der Waals surface area contributed by atoms with Gasteiger partial charge in [-0.2, -0.15) is 13.2 Å². The van der Waals surface area contributed by atoms with E-state index in [9.17, 15) is 13.2 Å². The highest BCUT2D eigenvalue weighted by Crippen LogP contribution is 2.18. The molecule has 0 bridgehead atoms. The summed E-state index contributed by atoms with van der Waals surface area (Å²) in [7, 11) is 0. The molecular weight excluding hydrogens is 133 g/mol. The Kier molecular flexibility index (Phi) is 1.27.